The van der Waals surface area contributed by atoms with E-state index in [1.807, 2.05) is 0 Å². The van der Waals surface area contributed by atoms with Gasteiger partial charge in [-0.1, -0.05) is 0 Å². The van der Waals surface area contributed by atoms with Gasteiger partial charge in [-0.3, -0.25) is 9.48 Å². The number of anilines is 1. The zero-order valence-corrected chi connectivity index (χ0v) is 12.3. The number of rotatable bonds is 4. The normalized spacial score (nSPS) is 11.3. The molecule has 2 aromatic heterocycles. The topological polar surface area (TPSA) is 116 Å². The first-order valence-electron chi connectivity index (χ1n) is 5.31. The zero-order chi connectivity index (χ0) is 14.9. The zero-order valence-electron chi connectivity index (χ0n) is 10.7. The Morgan fingerprint density at radius 1 is 1.55 bits per heavy atom. The van der Waals surface area contributed by atoms with Crippen molar-refractivity contribution in [1.82, 2.24) is 9.78 Å². The Hall–Kier alpha value is -1.91. The summed E-state index contributed by atoms with van der Waals surface area (Å²) < 4.78 is 29.0. The number of amides is 1. The summed E-state index contributed by atoms with van der Waals surface area (Å²) in [6.45, 7) is 0. The van der Waals surface area contributed by atoms with Gasteiger partial charge in [-0.15, -0.1) is 11.3 Å². The summed E-state index contributed by atoms with van der Waals surface area (Å²) in [5.74, 6) is -0.0397. The molecule has 0 atom stereocenters. The van der Waals surface area contributed by atoms with Crippen LogP contribution in [0.2, 0.25) is 0 Å². The lowest BCUT2D eigenvalue weighted by molar-refractivity contribution is 0.102. The van der Waals surface area contributed by atoms with Crippen molar-refractivity contribution in [1.29, 1.82) is 0 Å². The molecule has 1 amide bonds. The fourth-order valence-electron chi connectivity index (χ4n) is 1.48. The van der Waals surface area contributed by atoms with Gasteiger partial charge in [0.05, 0.1) is 12.0 Å². The van der Waals surface area contributed by atoms with Crippen LogP contribution in [0.3, 0.4) is 0 Å². The number of carbonyl (C=O) groups excluding carboxylic acids is 1. The van der Waals surface area contributed by atoms with Crippen molar-refractivity contribution in [2.24, 2.45) is 12.2 Å². The van der Waals surface area contributed by atoms with E-state index in [4.69, 9.17) is 9.88 Å². The third-order valence-corrected chi connectivity index (χ3v) is 4.19. The van der Waals surface area contributed by atoms with Crippen LogP contribution in [0.4, 0.5) is 5.82 Å². The molecular weight excluding hydrogens is 304 g/mol. The molecular formula is C10H12N4O4S2. The molecule has 2 heterocycles. The van der Waals surface area contributed by atoms with Crippen LogP contribution in [0, 0.1) is 0 Å². The van der Waals surface area contributed by atoms with Crippen LogP contribution in [0.5, 0.6) is 5.75 Å². The van der Waals surface area contributed by atoms with E-state index < -0.39 is 15.9 Å². The number of thiophene rings is 1. The molecule has 0 radical (unpaired) electrons. The van der Waals surface area contributed by atoms with Gasteiger partial charge in [0.1, 0.15) is 10.6 Å². The molecule has 8 nitrogen and oxygen atoms in total. The van der Waals surface area contributed by atoms with E-state index in [9.17, 15) is 13.2 Å². The first kappa shape index (κ1) is 14.5. The number of nitrogens with zero attached hydrogens (tertiary/aromatic N) is 2. The molecule has 2 rings (SSSR count). The fourth-order valence-corrected chi connectivity index (χ4v) is 2.89. The maximum absolute atomic E-state index is 12.0. The van der Waals surface area contributed by atoms with E-state index in [1.54, 1.807) is 11.4 Å². The Balaban J connectivity index is 2.28. The Morgan fingerprint density at radius 2 is 2.25 bits per heavy atom. The monoisotopic (exact) mass is 316 g/mol. The standard InChI is InChI=1S/C10H12N4O4S2/c1-14-4-8(20(11,16)17)9(13-14)12-10(15)7-3-6(18-2)5-19-7/h3-5H,1-2H3,(H2,11,16,17)(H,12,13,15). The van der Waals surface area contributed by atoms with Crippen LogP contribution in [-0.2, 0) is 17.1 Å². The summed E-state index contributed by atoms with van der Waals surface area (Å²) in [4.78, 5) is 12.1. The van der Waals surface area contributed by atoms with Gasteiger partial charge in [0.2, 0.25) is 10.0 Å². The summed E-state index contributed by atoms with van der Waals surface area (Å²) in [6.07, 6.45) is 1.22. The molecule has 2 aromatic rings. The highest BCUT2D eigenvalue weighted by molar-refractivity contribution is 7.89. The van der Waals surface area contributed by atoms with Crippen molar-refractivity contribution < 1.29 is 17.9 Å². The van der Waals surface area contributed by atoms with Crippen molar-refractivity contribution in [2.75, 3.05) is 12.4 Å². The van der Waals surface area contributed by atoms with Crippen molar-refractivity contribution in [3.05, 3.63) is 22.5 Å². The number of methoxy groups -OCH3 is 1. The van der Waals surface area contributed by atoms with Crippen LogP contribution < -0.4 is 15.2 Å². The number of hydrogen-bond donors (Lipinski definition) is 2. The SMILES string of the molecule is COc1csc(C(=O)Nc2nn(C)cc2S(N)(=O)=O)c1. The number of aryl methyl sites for hydroxylation is 1. The average Bonchev–Trinajstić information content (AvgIpc) is 2.94. The highest BCUT2D eigenvalue weighted by Gasteiger charge is 2.21. The number of sulfonamides is 1. The molecule has 0 aromatic carbocycles. The Bertz CT molecular complexity index is 747. The number of nitrogens with two attached hydrogens (primary N) is 1. The smallest absolute Gasteiger partial charge is 0.267 e. The maximum Gasteiger partial charge on any atom is 0.267 e. The first-order chi connectivity index (χ1) is 9.31. The second-order valence-corrected chi connectivity index (χ2v) is 6.31. The molecule has 108 valence electrons. The van der Waals surface area contributed by atoms with E-state index in [1.165, 1.54) is 36.4 Å². The van der Waals surface area contributed by atoms with Crippen LogP contribution in [0.15, 0.2) is 22.5 Å². The molecule has 20 heavy (non-hydrogen) atoms. The summed E-state index contributed by atoms with van der Waals surface area (Å²) in [5.41, 5.74) is 0. The quantitative estimate of drug-likeness (QED) is 0.846. The second kappa shape index (κ2) is 5.23. The number of ether oxygens (including phenoxy) is 1. The lowest BCUT2D eigenvalue weighted by Crippen LogP contribution is -2.17. The largest absolute Gasteiger partial charge is 0.496 e. The van der Waals surface area contributed by atoms with Gasteiger partial charge in [-0.2, -0.15) is 5.10 Å². The lowest BCUT2D eigenvalue weighted by Gasteiger charge is -2.01. The fraction of sp³-hybridized carbons (Fsp3) is 0.200. The summed E-state index contributed by atoms with van der Waals surface area (Å²) in [7, 11) is -0.945. The maximum atomic E-state index is 12.0. The average molecular weight is 316 g/mol. The summed E-state index contributed by atoms with van der Waals surface area (Å²) >= 11 is 1.17. The molecule has 0 aliphatic rings. The predicted molar refractivity (Wildman–Crippen MR) is 73.4 cm³/mol. The second-order valence-electron chi connectivity index (χ2n) is 3.87. The number of aromatic nitrogens is 2. The molecule has 0 fully saturated rings. The van der Waals surface area contributed by atoms with Crippen LogP contribution in [-0.4, -0.2) is 31.2 Å². The van der Waals surface area contributed by atoms with Gasteiger partial charge in [0.25, 0.3) is 5.91 Å². The molecule has 0 spiro atoms. The van der Waals surface area contributed by atoms with E-state index >= 15 is 0 Å². The van der Waals surface area contributed by atoms with Crippen molar-refractivity contribution in [2.45, 2.75) is 4.90 Å². The van der Waals surface area contributed by atoms with Crippen LogP contribution in [0.25, 0.3) is 0 Å². The van der Waals surface area contributed by atoms with Gasteiger partial charge >= 0.3 is 0 Å². The summed E-state index contributed by atoms with van der Waals surface area (Å²) in [5, 5.41) is 13.0. The minimum Gasteiger partial charge on any atom is -0.496 e. The Morgan fingerprint density at radius 3 is 2.80 bits per heavy atom. The van der Waals surface area contributed by atoms with E-state index in [2.05, 4.69) is 10.4 Å². The van der Waals surface area contributed by atoms with E-state index in [-0.39, 0.29) is 10.7 Å². The van der Waals surface area contributed by atoms with Gasteiger partial charge in [0, 0.05) is 24.7 Å². The number of primary sulfonamides is 1. The third kappa shape index (κ3) is 2.98. The number of nitrogens with one attached hydrogen (secondary N) is 1. The molecule has 0 bridgehead atoms. The van der Waals surface area contributed by atoms with Crippen LogP contribution >= 0.6 is 11.3 Å². The lowest BCUT2D eigenvalue weighted by atomic mass is 10.4. The van der Waals surface area contributed by atoms with Crippen molar-refractivity contribution in [3.8, 4) is 5.75 Å². The summed E-state index contributed by atoms with van der Waals surface area (Å²) in [6, 6.07) is 1.54. The number of carbonyl (C=O) groups is 1. The van der Waals surface area contributed by atoms with E-state index in [0.717, 1.165) is 0 Å². The third-order valence-electron chi connectivity index (χ3n) is 2.37. The van der Waals surface area contributed by atoms with Crippen molar-refractivity contribution >= 4 is 33.1 Å². The Labute approximate surface area is 119 Å². The highest BCUT2D eigenvalue weighted by Crippen LogP contribution is 2.23. The van der Waals surface area contributed by atoms with Gasteiger partial charge in [-0.25, -0.2) is 13.6 Å². The first-order valence-corrected chi connectivity index (χ1v) is 7.74. The predicted octanol–water partition coefficient (Wildman–Crippen LogP) is 0.390. The molecule has 0 unspecified atom stereocenters. The minimum atomic E-state index is -3.96. The van der Waals surface area contributed by atoms with Gasteiger partial charge < -0.3 is 10.1 Å². The molecule has 0 aliphatic carbocycles. The van der Waals surface area contributed by atoms with Gasteiger partial charge in [0.15, 0.2) is 5.82 Å². The highest BCUT2D eigenvalue weighted by atomic mass is 32.2. The number of hydrogen-bond acceptors (Lipinski definition) is 6. The van der Waals surface area contributed by atoms with Crippen LogP contribution in [0.1, 0.15) is 9.67 Å². The Kier molecular flexibility index (Phi) is 3.79. The molecule has 3 N–H and O–H groups in total. The van der Waals surface area contributed by atoms with Crippen molar-refractivity contribution in [3.63, 3.8) is 0 Å². The minimum absolute atomic E-state index is 0.104. The van der Waals surface area contributed by atoms with Gasteiger partial charge in [-0.05, 0) is 0 Å². The molecule has 10 heteroatoms. The molecule has 0 saturated heterocycles. The van der Waals surface area contributed by atoms with E-state index in [0.29, 0.717) is 10.6 Å². The molecule has 0 aliphatic heterocycles. The molecule has 0 saturated carbocycles.